The Morgan fingerprint density at radius 2 is 1.79 bits per heavy atom. The van der Waals surface area contributed by atoms with Gasteiger partial charge in [0.15, 0.2) is 0 Å². The fourth-order valence-corrected chi connectivity index (χ4v) is 4.26. The van der Waals surface area contributed by atoms with E-state index in [4.69, 9.17) is 11.5 Å². The maximum atomic E-state index is 13.2. The summed E-state index contributed by atoms with van der Waals surface area (Å²) in [6, 6.07) is 12.9. The van der Waals surface area contributed by atoms with Crippen molar-refractivity contribution in [1.29, 1.82) is 0 Å². The number of aromatic nitrogens is 2. The molecule has 0 aliphatic carbocycles. The quantitative estimate of drug-likeness (QED) is 0.598. The Kier molecular flexibility index (Phi) is 6.63. The standard InChI is InChI=1S/C25H26FN5O2/c26-19-11-4-16(5-12-19)6-13-22(32)31-14-2-1-3-21(31)23-20(15-29-25(28)30-23)17-7-9-18(10-8-17)24(27)33/h4-5,7-12,15,21H,1-3,6,13-14H2,(H2,27,33)(H2,28,29,30)/t21-/m1/s1. The number of anilines is 1. The van der Waals surface area contributed by atoms with Gasteiger partial charge in [-0.1, -0.05) is 24.3 Å². The number of rotatable bonds is 6. The Morgan fingerprint density at radius 3 is 2.48 bits per heavy atom. The van der Waals surface area contributed by atoms with Crippen LogP contribution in [0.2, 0.25) is 0 Å². The van der Waals surface area contributed by atoms with Crippen molar-refractivity contribution < 1.29 is 14.0 Å². The molecular formula is C25H26FN5O2. The van der Waals surface area contributed by atoms with Crippen LogP contribution in [0.15, 0.2) is 54.7 Å². The maximum Gasteiger partial charge on any atom is 0.248 e. The van der Waals surface area contributed by atoms with Crippen molar-refractivity contribution >= 4 is 17.8 Å². The molecule has 2 heterocycles. The number of carbonyl (C=O) groups is 2. The molecule has 1 atom stereocenters. The zero-order valence-corrected chi connectivity index (χ0v) is 18.2. The molecule has 0 bridgehead atoms. The second-order valence-electron chi connectivity index (χ2n) is 8.19. The number of amides is 2. The molecule has 4 rings (SSSR count). The monoisotopic (exact) mass is 447 g/mol. The molecular weight excluding hydrogens is 421 g/mol. The van der Waals surface area contributed by atoms with Gasteiger partial charge in [0.25, 0.3) is 0 Å². The summed E-state index contributed by atoms with van der Waals surface area (Å²) in [5.74, 6) is -0.623. The molecule has 4 N–H and O–H groups in total. The average molecular weight is 448 g/mol. The fraction of sp³-hybridized carbons (Fsp3) is 0.280. The molecule has 0 saturated carbocycles. The van der Waals surface area contributed by atoms with Gasteiger partial charge in [-0.3, -0.25) is 9.59 Å². The predicted octanol–water partition coefficient (Wildman–Crippen LogP) is 3.65. The number of carbonyl (C=O) groups excluding carboxylic acids is 2. The second-order valence-corrected chi connectivity index (χ2v) is 8.19. The lowest BCUT2D eigenvalue weighted by Crippen LogP contribution is -2.39. The van der Waals surface area contributed by atoms with E-state index in [1.54, 1.807) is 42.6 Å². The molecule has 0 radical (unpaired) electrons. The minimum Gasteiger partial charge on any atom is -0.368 e. The van der Waals surface area contributed by atoms with Crippen LogP contribution in [0.1, 0.15) is 53.3 Å². The van der Waals surface area contributed by atoms with Crippen molar-refractivity contribution in [3.63, 3.8) is 0 Å². The number of nitrogens with zero attached hydrogens (tertiary/aromatic N) is 3. The Labute approximate surface area is 191 Å². The van der Waals surface area contributed by atoms with E-state index in [0.717, 1.165) is 36.0 Å². The fourth-order valence-electron chi connectivity index (χ4n) is 4.26. The third-order valence-electron chi connectivity index (χ3n) is 6.00. The summed E-state index contributed by atoms with van der Waals surface area (Å²) < 4.78 is 13.2. The molecule has 170 valence electrons. The highest BCUT2D eigenvalue weighted by Crippen LogP contribution is 2.36. The van der Waals surface area contributed by atoms with E-state index in [2.05, 4.69) is 9.97 Å². The van der Waals surface area contributed by atoms with Gasteiger partial charge in [0, 0.05) is 30.3 Å². The molecule has 3 aromatic rings. The van der Waals surface area contributed by atoms with Gasteiger partial charge < -0.3 is 16.4 Å². The Hall–Kier alpha value is -3.81. The summed E-state index contributed by atoms with van der Waals surface area (Å²) in [6.45, 7) is 0.636. The normalized spacial score (nSPS) is 15.9. The summed E-state index contributed by atoms with van der Waals surface area (Å²) >= 11 is 0. The summed E-state index contributed by atoms with van der Waals surface area (Å²) in [4.78, 5) is 35.2. The topological polar surface area (TPSA) is 115 Å². The minimum absolute atomic E-state index is 0.0243. The van der Waals surface area contributed by atoms with Gasteiger partial charge in [-0.15, -0.1) is 0 Å². The number of primary amides is 1. The lowest BCUT2D eigenvalue weighted by molar-refractivity contribution is -0.135. The molecule has 2 aromatic carbocycles. The number of likely N-dealkylation sites (tertiary alicyclic amines) is 1. The molecule has 33 heavy (non-hydrogen) atoms. The van der Waals surface area contributed by atoms with E-state index in [0.29, 0.717) is 30.6 Å². The number of halogens is 1. The Bertz CT molecular complexity index is 1150. The van der Waals surface area contributed by atoms with E-state index in [-0.39, 0.29) is 23.7 Å². The van der Waals surface area contributed by atoms with Crippen LogP contribution < -0.4 is 11.5 Å². The van der Waals surface area contributed by atoms with Crippen LogP contribution in [0.25, 0.3) is 11.1 Å². The van der Waals surface area contributed by atoms with Gasteiger partial charge in [0.2, 0.25) is 17.8 Å². The third kappa shape index (κ3) is 5.16. The largest absolute Gasteiger partial charge is 0.368 e. The summed E-state index contributed by atoms with van der Waals surface area (Å²) in [7, 11) is 0. The number of piperidine rings is 1. The van der Waals surface area contributed by atoms with E-state index >= 15 is 0 Å². The molecule has 1 aliphatic heterocycles. The van der Waals surface area contributed by atoms with Gasteiger partial charge in [-0.05, 0) is 61.1 Å². The van der Waals surface area contributed by atoms with Gasteiger partial charge >= 0.3 is 0 Å². The van der Waals surface area contributed by atoms with Gasteiger partial charge in [0.1, 0.15) is 5.82 Å². The first kappa shape index (κ1) is 22.4. The third-order valence-corrected chi connectivity index (χ3v) is 6.00. The molecule has 7 nitrogen and oxygen atoms in total. The lowest BCUT2D eigenvalue weighted by Gasteiger charge is -2.36. The second kappa shape index (κ2) is 9.77. The number of nitrogens with two attached hydrogens (primary N) is 2. The van der Waals surface area contributed by atoms with Crippen molar-refractivity contribution in [2.75, 3.05) is 12.3 Å². The number of hydrogen-bond acceptors (Lipinski definition) is 5. The molecule has 1 fully saturated rings. The molecule has 1 aromatic heterocycles. The van der Waals surface area contributed by atoms with Crippen molar-refractivity contribution in [3.8, 4) is 11.1 Å². The zero-order valence-electron chi connectivity index (χ0n) is 18.2. The average Bonchev–Trinajstić information content (AvgIpc) is 2.83. The number of benzene rings is 2. The Morgan fingerprint density at radius 1 is 1.06 bits per heavy atom. The van der Waals surface area contributed by atoms with E-state index in [1.807, 2.05) is 4.90 Å². The predicted molar refractivity (Wildman–Crippen MR) is 123 cm³/mol. The van der Waals surface area contributed by atoms with Crippen LogP contribution in [0.4, 0.5) is 10.3 Å². The van der Waals surface area contributed by atoms with Crippen molar-refractivity contribution in [2.24, 2.45) is 5.73 Å². The maximum absolute atomic E-state index is 13.2. The smallest absolute Gasteiger partial charge is 0.248 e. The first-order valence-electron chi connectivity index (χ1n) is 11.0. The van der Waals surface area contributed by atoms with Gasteiger partial charge in [0.05, 0.1) is 11.7 Å². The van der Waals surface area contributed by atoms with Crippen LogP contribution >= 0.6 is 0 Å². The number of hydrogen-bond donors (Lipinski definition) is 2. The van der Waals surface area contributed by atoms with E-state index in [9.17, 15) is 14.0 Å². The SMILES string of the molecule is NC(=O)c1ccc(-c2cnc(N)nc2[C@H]2CCCCN2C(=O)CCc2ccc(F)cc2)cc1. The van der Waals surface area contributed by atoms with Crippen molar-refractivity contribution in [1.82, 2.24) is 14.9 Å². The molecule has 0 unspecified atom stereocenters. The highest BCUT2D eigenvalue weighted by Gasteiger charge is 2.31. The van der Waals surface area contributed by atoms with Gasteiger partial charge in [-0.2, -0.15) is 0 Å². The van der Waals surface area contributed by atoms with Crippen LogP contribution in [-0.4, -0.2) is 33.2 Å². The summed E-state index contributed by atoms with van der Waals surface area (Å²) in [5.41, 5.74) is 14.9. The minimum atomic E-state index is -0.500. The first-order valence-corrected chi connectivity index (χ1v) is 11.0. The van der Waals surface area contributed by atoms with Gasteiger partial charge in [-0.25, -0.2) is 14.4 Å². The highest BCUT2D eigenvalue weighted by atomic mass is 19.1. The number of nitrogen functional groups attached to an aromatic ring is 1. The van der Waals surface area contributed by atoms with Crippen molar-refractivity contribution in [3.05, 3.63) is 77.4 Å². The molecule has 1 aliphatic rings. The lowest BCUT2D eigenvalue weighted by atomic mass is 9.93. The summed E-state index contributed by atoms with van der Waals surface area (Å²) in [5, 5.41) is 0. The molecule has 2 amide bonds. The Balaban J connectivity index is 1.60. The molecule has 1 saturated heterocycles. The summed E-state index contributed by atoms with van der Waals surface area (Å²) in [6.07, 6.45) is 5.18. The molecule has 0 spiro atoms. The van der Waals surface area contributed by atoms with E-state index < -0.39 is 5.91 Å². The zero-order chi connectivity index (χ0) is 23.4. The molecule has 8 heteroatoms. The van der Waals surface area contributed by atoms with Crippen LogP contribution in [0.3, 0.4) is 0 Å². The van der Waals surface area contributed by atoms with Crippen molar-refractivity contribution in [2.45, 2.75) is 38.1 Å². The first-order chi connectivity index (χ1) is 15.9. The van der Waals surface area contributed by atoms with E-state index in [1.165, 1.54) is 12.1 Å². The highest BCUT2D eigenvalue weighted by molar-refractivity contribution is 5.93. The van der Waals surface area contributed by atoms with Crippen LogP contribution in [0, 0.1) is 5.82 Å². The number of aryl methyl sites for hydroxylation is 1. The van der Waals surface area contributed by atoms with Crippen LogP contribution in [0.5, 0.6) is 0 Å². The van der Waals surface area contributed by atoms with Crippen LogP contribution in [-0.2, 0) is 11.2 Å².